The summed E-state index contributed by atoms with van der Waals surface area (Å²) in [4.78, 5) is 19.3. The van der Waals surface area contributed by atoms with E-state index in [0.717, 1.165) is 40.7 Å². The SMILES string of the molecule is COc1ccc([C@@H]2Cc3cc(OC)ccc3N(CC3=NCCN3)C(=O)[C@@H]2O)cc1.Cl. The molecular weight excluding hydrogens is 406 g/mol. The first kappa shape index (κ1) is 21.9. The Bertz CT molecular complexity index is 932. The highest BCUT2D eigenvalue weighted by Gasteiger charge is 2.37. The van der Waals surface area contributed by atoms with Gasteiger partial charge in [-0.3, -0.25) is 9.79 Å². The van der Waals surface area contributed by atoms with Gasteiger partial charge in [-0.05, 0) is 47.9 Å². The van der Waals surface area contributed by atoms with Gasteiger partial charge in [0, 0.05) is 18.2 Å². The molecule has 0 aliphatic carbocycles. The van der Waals surface area contributed by atoms with Crippen molar-refractivity contribution in [2.75, 3.05) is 38.8 Å². The predicted octanol–water partition coefficient (Wildman–Crippen LogP) is 2.16. The number of methoxy groups -OCH3 is 2. The van der Waals surface area contributed by atoms with Crippen LogP contribution in [0.5, 0.6) is 11.5 Å². The predicted molar refractivity (Wildman–Crippen MR) is 118 cm³/mol. The molecule has 1 amide bonds. The second kappa shape index (κ2) is 9.36. The Morgan fingerprint density at radius 3 is 2.47 bits per heavy atom. The van der Waals surface area contributed by atoms with Crippen molar-refractivity contribution < 1.29 is 19.4 Å². The van der Waals surface area contributed by atoms with E-state index in [2.05, 4.69) is 10.3 Å². The summed E-state index contributed by atoms with van der Waals surface area (Å²) in [5.41, 5.74) is 2.62. The van der Waals surface area contributed by atoms with E-state index < -0.39 is 6.10 Å². The van der Waals surface area contributed by atoms with Crippen LogP contribution in [0.2, 0.25) is 0 Å². The summed E-state index contributed by atoms with van der Waals surface area (Å²) in [5.74, 6) is 1.51. The van der Waals surface area contributed by atoms with Gasteiger partial charge >= 0.3 is 0 Å². The maximum atomic E-state index is 13.3. The van der Waals surface area contributed by atoms with Crippen molar-refractivity contribution in [3.05, 3.63) is 53.6 Å². The number of hydrogen-bond donors (Lipinski definition) is 2. The Hall–Kier alpha value is -2.77. The maximum Gasteiger partial charge on any atom is 0.256 e. The van der Waals surface area contributed by atoms with Crippen LogP contribution in [-0.4, -0.2) is 56.8 Å². The molecule has 0 unspecified atom stereocenters. The molecule has 8 heteroatoms. The van der Waals surface area contributed by atoms with Crippen LogP contribution < -0.4 is 19.7 Å². The van der Waals surface area contributed by atoms with Gasteiger partial charge in [0.05, 0.1) is 27.3 Å². The molecule has 4 rings (SSSR count). The quantitative estimate of drug-likeness (QED) is 0.758. The number of carbonyl (C=O) groups is 1. The lowest BCUT2D eigenvalue weighted by Crippen LogP contribution is -2.45. The number of hydrogen-bond acceptors (Lipinski definition) is 6. The van der Waals surface area contributed by atoms with Crippen LogP contribution in [0.15, 0.2) is 47.5 Å². The lowest BCUT2D eigenvalue weighted by atomic mass is 9.87. The summed E-state index contributed by atoms with van der Waals surface area (Å²) < 4.78 is 10.6. The van der Waals surface area contributed by atoms with Gasteiger partial charge < -0.3 is 24.8 Å². The molecule has 2 atom stereocenters. The van der Waals surface area contributed by atoms with Gasteiger partial charge in [0.25, 0.3) is 5.91 Å². The molecule has 160 valence electrons. The number of rotatable bonds is 5. The van der Waals surface area contributed by atoms with Crippen molar-refractivity contribution in [3.8, 4) is 11.5 Å². The lowest BCUT2D eigenvalue weighted by molar-refractivity contribution is -0.127. The van der Waals surface area contributed by atoms with E-state index in [1.807, 2.05) is 42.5 Å². The van der Waals surface area contributed by atoms with Crippen LogP contribution in [0.25, 0.3) is 0 Å². The standard InChI is InChI=1S/C22H25N3O4.ClH/c1-28-16-5-3-14(4-6-16)18-12-15-11-17(29-2)7-8-19(15)25(22(27)21(18)26)13-20-23-9-10-24-20;/h3-8,11,18,21,26H,9-10,12-13H2,1-2H3,(H,23,24);1H/t18-,21+;/m0./s1. The molecule has 0 fully saturated rings. The van der Waals surface area contributed by atoms with Crippen molar-refractivity contribution >= 4 is 29.8 Å². The van der Waals surface area contributed by atoms with Gasteiger partial charge in [0.2, 0.25) is 0 Å². The summed E-state index contributed by atoms with van der Waals surface area (Å²) >= 11 is 0. The Morgan fingerprint density at radius 1 is 1.13 bits per heavy atom. The van der Waals surface area contributed by atoms with Gasteiger partial charge in [0.15, 0.2) is 0 Å². The fraction of sp³-hybridized carbons (Fsp3) is 0.364. The molecule has 0 spiro atoms. The van der Waals surface area contributed by atoms with Gasteiger partial charge in [-0.25, -0.2) is 0 Å². The molecule has 2 aromatic rings. The molecule has 2 heterocycles. The molecule has 2 aliphatic heterocycles. The van der Waals surface area contributed by atoms with Crippen molar-refractivity contribution in [1.29, 1.82) is 0 Å². The van der Waals surface area contributed by atoms with Crippen molar-refractivity contribution in [1.82, 2.24) is 5.32 Å². The third-order valence-corrected chi connectivity index (χ3v) is 5.51. The molecule has 0 bridgehead atoms. The monoisotopic (exact) mass is 431 g/mol. The van der Waals surface area contributed by atoms with Crippen LogP contribution >= 0.6 is 12.4 Å². The zero-order valence-electron chi connectivity index (χ0n) is 17.0. The van der Waals surface area contributed by atoms with Gasteiger partial charge in [0.1, 0.15) is 23.4 Å². The average molecular weight is 432 g/mol. The highest BCUT2D eigenvalue weighted by Crippen LogP contribution is 2.37. The molecule has 2 aliphatic rings. The van der Waals surface area contributed by atoms with E-state index in [9.17, 15) is 9.90 Å². The highest BCUT2D eigenvalue weighted by molar-refractivity contribution is 6.04. The number of amidine groups is 1. The number of benzene rings is 2. The molecule has 30 heavy (non-hydrogen) atoms. The van der Waals surface area contributed by atoms with Crippen LogP contribution in [0.3, 0.4) is 0 Å². The number of ether oxygens (including phenoxy) is 2. The molecule has 0 radical (unpaired) electrons. The first-order valence-electron chi connectivity index (χ1n) is 9.68. The topological polar surface area (TPSA) is 83.4 Å². The summed E-state index contributed by atoms with van der Waals surface area (Å²) in [6.45, 7) is 1.78. The minimum Gasteiger partial charge on any atom is -0.497 e. The zero-order valence-corrected chi connectivity index (χ0v) is 17.8. The summed E-state index contributed by atoms with van der Waals surface area (Å²) in [7, 11) is 3.23. The van der Waals surface area contributed by atoms with Crippen molar-refractivity contribution in [2.45, 2.75) is 18.4 Å². The number of nitrogens with zero attached hydrogens (tertiary/aromatic N) is 2. The summed E-state index contributed by atoms with van der Waals surface area (Å²) in [5, 5.41) is 14.2. The number of anilines is 1. The highest BCUT2D eigenvalue weighted by atomic mass is 35.5. The van der Waals surface area contributed by atoms with Crippen LogP contribution in [0, 0.1) is 0 Å². The first-order chi connectivity index (χ1) is 14.1. The number of amides is 1. The molecule has 0 saturated heterocycles. The third-order valence-electron chi connectivity index (χ3n) is 5.51. The van der Waals surface area contributed by atoms with Crippen molar-refractivity contribution in [3.63, 3.8) is 0 Å². The number of aliphatic imine (C=N–C) groups is 1. The number of halogens is 1. The molecule has 0 saturated carbocycles. The van der Waals surface area contributed by atoms with Gasteiger partial charge in [-0.2, -0.15) is 0 Å². The molecular formula is C22H26ClN3O4. The maximum absolute atomic E-state index is 13.3. The second-order valence-electron chi connectivity index (χ2n) is 7.20. The number of aliphatic hydroxyl groups excluding tert-OH is 1. The first-order valence-corrected chi connectivity index (χ1v) is 9.68. The Morgan fingerprint density at radius 2 is 1.83 bits per heavy atom. The Labute approximate surface area is 182 Å². The minimum absolute atomic E-state index is 0. The summed E-state index contributed by atoms with van der Waals surface area (Å²) in [6.07, 6.45) is -0.647. The summed E-state index contributed by atoms with van der Waals surface area (Å²) in [6, 6.07) is 13.1. The molecule has 2 N–H and O–H groups in total. The fourth-order valence-electron chi connectivity index (χ4n) is 3.93. The Kier molecular flexibility index (Phi) is 6.84. The smallest absolute Gasteiger partial charge is 0.256 e. The number of nitrogens with one attached hydrogen (secondary N) is 1. The van der Waals surface area contributed by atoms with E-state index in [4.69, 9.17) is 9.47 Å². The molecule has 2 aromatic carbocycles. The molecule has 0 aromatic heterocycles. The van der Waals surface area contributed by atoms with Crippen molar-refractivity contribution in [2.24, 2.45) is 4.99 Å². The second-order valence-corrected chi connectivity index (χ2v) is 7.20. The average Bonchev–Trinajstić information content (AvgIpc) is 3.25. The normalized spacial score (nSPS) is 20.4. The number of fused-ring (bicyclic) bond motifs is 1. The Balaban J connectivity index is 0.00000256. The van der Waals surface area contributed by atoms with Gasteiger partial charge in [-0.1, -0.05) is 12.1 Å². The van der Waals surface area contributed by atoms with E-state index in [0.29, 0.717) is 19.5 Å². The van der Waals surface area contributed by atoms with Crippen LogP contribution in [-0.2, 0) is 11.2 Å². The van der Waals surface area contributed by atoms with E-state index in [1.165, 1.54) is 0 Å². The van der Waals surface area contributed by atoms with Gasteiger partial charge in [-0.15, -0.1) is 12.4 Å². The number of carbonyl (C=O) groups excluding carboxylic acids is 1. The van der Waals surface area contributed by atoms with Crippen LogP contribution in [0.4, 0.5) is 5.69 Å². The van der Waals surface area contributed by atoms with Crippen LogP contribution in [0.1, 0.15) is 17.0 Å². The largest absolute Gasteiger partial charge is 0.497 e. The third kappa shape index (κ3) is 4.22. The lowest BCUT2D eigenvalue weighted by Gasteiger charge is -2.25. The molecule has 7 nitrogen and oxygen atoms in total. The zero-order chi connectivity index (χ0) is 20.4. The fourth-order valence-corrected chi connectivity index (χ4v) is 3.93. The van der Waals surface area contributed by atoms with E-state index in [-0.39, 0.29) is 24.2 Å². The van der Waals surface area contributed by atoms with E-state index in [1.54, 1.807) is 19.1 Å². The number of aliphatic hydroxyl groups is 1. The van der Waals surface area contributed by atoms with E-state index >= 15 is 0 Å². The minimum atomic E-state index is -1.16.